The summed E-state index contributed by atoms with van der Waals surface area (Å²) in [5, 5.41) is 0. The zero-order valence-corrected chi connectivity index (χ0v) is 6.75. The molecule has 0 bridgehead atoms. The van der Waals surface area contributed by atoms with Gasteiger partial charge in [-0.05, 0) is 31.0 Å². The van der Waals surface area contributed by atoms with Crippen LogP contribution in [0.4, 0.5) is 5.69 Å². The van der Waals surface area contributed by atoms with E-state index in [0.29, 0.717) is 0 Å². The zero-order chi connectivity index (χ0) is 8.27. The fourth-order valence-corrected chi connectivity index (χ4v) is 1.09. The zero-order valence-electron chi connectivity index (χ0n) is 6.75. The number of hydrogen-bond donors (Lipinski definition) is 2. The van der Waals surface area contributed by atoms with E-state index in [1.807, 2.05) is 31.2 Å². The van der Waals surface area contributed by atoms with E-state index in [2.05, 4.69) is 0 Å². The van der Waals surface area contributed by atoms with Crippen molar-refractivity contribution in [3.05, 3.63) is 29.8 Å². The van der Waals surface area contributed by atoms with E-state index >= 15 is 0 Å². The Morgan fingerprint density at radius 1 is 1.45 bits per heavy atom. The van der Waals surface area contributed by atoms with Crippen molar-refractivity contribution < 1.29 is 0 Å². The average Bonchev–Trinajstić information content (AvgIpc) is 1.85. The molecule has 0 heterocycles. The Hall–Kier alpha value is -1.02. The molecule has 0 radical (unpaired) electrons. The maximum atomic E-state index is 5.63. The summed E-state index contributed by atoms with van der Waals surface area (Å²) in [6.45, 7) is 1.99. The van der Waals surface area contributed by atoms with Crippen LogP contribution in [0.2, 0.25) is 0 Å². The lowest BCUT2D eigenvalue weighted by atomic mass is 10.1. The molecule has 2 heteroatoms. The molecule has 0 spiro atoms. The van der Waals surface area contributed by atoms with Crippen LogP contribution in [0.3, 0.4) is 0 Å². The Morgan fingerprint density at radius 3 is 2.73 bits per heavy atom. The SMILES string of the molecule is C[C@@H](N)Cc1cccc(N)c1. The minimum absolute atomic E-state index is 0.205. The van der Waals surface area contributed by atoms with Crippen molar-refractivity contribution in [2.24, 2.45) is 5.73 Å². The van der Waals surface area contributed by atoms with Gasteiger partial charge in [0, 0.05) is 11.7 Å². The lowest BCUT2D eigenvalue weighted by molar-refractivity contribution is 0.738. The molecule has 0 amide bonds. The Labute approximate surface area is 67.2 Å². The summed E-state index contributed by atoms with van der Waals surface area (Å²) in [6, 6.07) is 8.04. The van der Waals surface area contributed by atoms with Gasteiger partial charge in [-0.2, -0.15) is 0 Å². The Kier molecular flexibility index (Phi) is 2.49. The highest BCUT2D eigenvalue weighted by Gasteiger charge is 1.96. The van der Waals surface area contributed by atoms with Crippen molar-refractivity contribution in [3.8, 4) is 0 Å². The number of nitrogen functional groups attached to an aromatic ring is 1. The summed E-state index contributed by atoms with van der Waals surface area (Å²) >= 11 is 0. The highest BCUT2D eigenvalue weighted by Crippen LogP contribution is 2.07. The molecule has 0 unspecified atom stereocenters. The minimum Gasteiger partial charge on any atom is -0.399 e. The first-order valence-electron chi connectivity index (χ1n) is 3.78. The molecule has 1 aromatic rings. The van der Waals surface area contributed by atoms with E-state index in [9.17, 15) is 0 Å². The molecule has 1 atom stereocenters. The monoisotopic (exact) mass is 150 g/mol. The molecule has 0 saturated heterocycles. The molecule has 0 saturated carbocycles. The second-order valence-corrected chi connectivity index (χ2v) is 2.93. The summed E-state index contributed by atoms with van der Waals surface area (Å²) in [5.41, 5.74) is 13.2. The van der Waals surface area contributed by atoms with Crippen molar-refractivity contribution >= 4 is 5.69 Å². The fraction of sp³-hybridized carbons (Fsp3) is 0.333. The van der Waals surface area contributed by atoms with Crippen molar-refractivity contribution in [1.82, 2.24) is 0 Å². The molecule has 2 nitrogen and oxygen atoms in total. The fourth-order valence-electron chi connectivity index (χ4n) is 1.09. The van der Waals surface area contributed by atoms with E-state index in [0.717, 1.165) is 12.1 Å². The maximum absolute atomic E-state index is 5.63. The maximum Gasteiger partial charge on any atom is 0.0316 e. The van der Waals surface area contributed by atoms with Gasteiger partial charge in [0.2, 0.25) is 0 Å². The summed E-state index contributed by atoms with van der Waals surface area (Å²) in [4.78, 5) is 0. The number of hydrogen-bond acceptors (Lipinski definition) is 2. The van der Waals surface area contributed by atoms with Gasteiger partial charge in [-0.3, -0.25) is 0 Å². The molecule has 1 rings (SSSR count). The van der Waals surface area contributed by atoms with Gasteiger partial charge in [0.25, 0.3) is 0 Å². The Bertz CT molecular complexity index is 231. The number of benzene rings is 1. The van der Waals surface area contributed by atoms with Gasteiger partial charge in [-0.25, -0.2) is 0 Å². The molecular formula is C9H14N2. The second kappa shape index (κ2) is 3.39. The molecular weight excluding hydrogens is 136 g/mol. The van der Waals surface area contributed by atoms with Gasteiger partial charge in [0.15, 0.2) is 0 Å². The number of nitrogens with two attached hydrogens (primary N) is 2. The van der Waals surface area contributed by atoms with Crippen molar-refractivity contribution in [3.63, 3.8) is 0 Å². The van der Waals surface area contributed by atoms with Crippen molar-refractivity contribution in [2.75, 3.05) is 5.73 Å². The lowest BCUT2D eigenvalue weighted by Gasteiger charge is -2.04. The Morgan fingerprint density at radius 2 is 2.18 bits per heavy atom. The summed E-state index contributed by atoms with van der Waals surface area (Å²) in [7, 11) is 0. The van der Waals surface area contributed by atoms with E-state index in [4.69, 9.17) is 11.5 Å². The first-order chi connectivity index (χ1) is 5.18. The quantitative estimate of drug-likeness (QED) is 0.621. The average molecular weight is 150 g/mol. The minimum atomic E-state index is 0.205. The predicted molar refractivity (Wildman–Crippen MR) is 48.2 cm³/mol. The second-order valence-electron chi connectivity index (χ2n) is 2.93. The molecule has 0 aromatic heterocycles. The molecule has 11 heavy (non-hydrogen) atoms. The van der Waals surface area contributed by atoms with Crippen LogP contribution in [0.5, 0.6) is 0 Å². The van der Waals surface area contributed by atoms with Crippen LogP contribution < -0.4 is 11.5 Å². The van der Waals surface area contributed by atoms with Crippen molar-refractivity contribution in [1.29, 1.82) is 0 Å². The molecule has 4 N–H and O–H groups in total. The van der Waals surface area contributed by atoms with Gasteiger partial charge < -0.3 is 11.5 Å². The van der Waals surface area contributed by atoms with Crippen LogP contribution in [0.25, 0.3) is 0 Å². The molecule has 0 aliphatic rings. The van der Waals surface area contributed by atoms with Crippen LogP contribution in [0.1, 0.15) is 12.5 Å². The van der Waals surface area contributed by atoms with Gasteiger partial charge in [0.1, 0.15) is 0 Å². The third kappa shape index (κ3) is 2.60. The van der Waals surface area contributed by atoms with Crippen LogP contribution >= 0.6 is 0 Å². The smallest absolute Gasteiger partial charge is 0.0316 e. The van der Waals surface area contributed by atoms with Gasteiger partial charge >= 0.3 is 0 Å². The topological polar surface area (TPSA) is 52.0 Å². The standard InChI is InChI=1S/C9H14N2/c1-7(10)5-8-3-2-4-9(11)6-8/h2-4,6-7H,5,10-11H2,1H3/t7-/m1/s1. The van der Waals surface area contributed by atoms with Gasteiger partial charge in [-0.15, -0.1) is 0 Å². The highest BCUT2D eigenvalue weighted by atomic mass is 14.6. The molecule has 1 aromatic carbocycles. The Balaban J connectivity index is 2.71. The van der Waals surface area contributed by atoms with Crippen LogP contribution in [0, 0.1) is 0 Å². The third-order valence-electron chi connectivity index (χ3n) is 1.51. The van der Waals surface area contributed by atoms with E-state index in [1.165, 1.54) is 5.56 Å². The highest BCUT2D eigenvalue weighted by molar-refractivity contribution is 5.40. The van der Waals surface area contributed by atoms with Gasteiger partial charge in [0.05, 0.1) is 0 Å². The van der Waals surface area contributed by atoms with E-state index in [1.54, 1.807) is 0 Å². The molecule has 0 aliphatic carbocycles. The summed E-state index contributed by atoms with van der Waals surface area (Å²) in [5.74, 6) is 0. The lowest BCUT2D eigenvalue weighted by Crippen LogP contribution is -2.17. The predicted octanol–water partition coefficient (Wildman–Crippen LogP) is 1.16. The first-order valence-corrected chi connectivity index (χ1v) is 3.78. The van der Waals surface area contributed by atoms with Crippen LogP contribution in [0.15, 0.2) is 24.3 Å². The van der Waals surface area contributed by atoms with Gasteiger partial charge in [-0.1, -0.05) is 12.1 Å². The van der Waals surface area contributed by atoms with E-state index < -0.39 is 0 Å². The van der Waals surface area contributed by atoms with Crippen LogP contribution in [-0.2, 0) is 6.42 Å². The normalized spacial score (nSPS) is 12.9. The first kappa shape index (κ1) is 8.08. The van der Waals surface area contributed by atoms with Crippen LogP contribution in [-0.4, -0.2) is 6.04 Å². The summed E-state index contributed by atoms with van der Waals surface area (Å²) < 4.78 is 0. The molecule has 0 aliphatic heterocycles. The largest absolute Gasteiger partial charge is 0.399 e. The molecule has 0 fully saturated rings. The third-order valence-corrected chi connectivity index (χ3v) is 1.51. The molecule has 60 valence electrons. The van der Waals surface area contributed by atoms with Crippen molar-refractivity contribution in [2.45, 2.75) is 19.4 Å². The summed E-state index contributed by atoms with van der Waals surface area (Å²) in [6.07, 6.45) is 0.894. The van der Waals surface area contributed by atoms with E-state index in [-0.39, 0.29) is 6.04 Å². The number of rotatable bonds is 2. The number of anilines is 1.